The fourth-order valence-corrected chi connectivity index (χ4v) is 4.07. The molecule has 0 aliphatic heterocycles. The molecule has 0 aromatic carbocycles. The van der Waals surface area contributed by atoms with Crippen LogP contribution in [0.15, 0.2) is 16.3 Å². The first-order valence-corrected chi connectivity index (χ1v) is 9.90. The van der Waals surface area contributed by atoms with Crippen molar-refractivity contribution in [2.75, 3.05) is 18.9 Å². The molecular weight excluding hydrogens is 340 g/mol. The number of ether oxygens (including phenoxy) is 1. The molecule has 120 valence electrons. The Kier molecular flexibility index (Phi) is 6.28. The summed E-state index contributed by atoms with van der Waals surface area (Å²) >= 11 is 0.973. The SMILES string of the molecule is CCOC(=O)CS(=O)(=O)NCCc1ccc(S(N)(=O)=O)s1. The van der Waals surface area contributed by atoms with Crippen LogP contribution in [0.4, 0.5) is 0 Å². The fraction of sp³-hybridized carbons (Fsp3) is 0.500. The van der Waals surface area contributed by atoms with Crippen molar-refractivity contribution in [2.24, 2.45) is 5.14 Å². The largest absolute Gasteiger partial charge is 0.465 e. The second kappa shape index (κ2) is 7.31. The Bertz CT molecular complexity index is 692. The Morgan fingerprint density at radius 2 is 2.00 bits per heavy atom. The maximum Gasteiger partial charge on any atom is 0.322 e. The molecule has 0 bridgehead atoms. The maximum absolute atomic E-state index is 11.5. The number of primary sulfonamides is 1. The van der Waals surface area contributed by atoms with Gasteiger partial charge in [-0.2, -0.15) is 0 Å². The number of hydrogen-bond donors (Lipinski definition) is 2. The van der Waals surface area contributed by atoms with Gasteiger partial charge >= 0.3 is 5.97 Å². The van der Waals surface area contributed by atoms with Gasteiger partial charge in [-0.25, -0.2) is 26.7 Å². The van der Waals surface area contributed by atoms with Gasteiger partial charge in [0.2, 0.25) is 20.0 Å². The lowest BCUT2D eigenvalue weighted by Gasteiger charge is -2.05. The van der Waals surface area contributed by atoms with E-state index in [1.165, 1.54) is 6.07 Å². The molecule has 21 heavy (non-hydrogen) atoms. The average molecular weight is 356 g/mol. The summed E-state index contributed by atoms with van der Waals surface area (Å²) in [6.07, 6.45) is 0.294. The molecular formula is C10H16N2O6S3. The van der Waals surface area contributed by atoms with E-state index in [1.54, 1.807) is 13.0 Å². The van der Waals surface area contributed by atoms with Crippen molar-refractivity contribution in [2.45, 2.75) is 17.6 Å². The average Bonchev–Trinajstić information content (AvgIpc) is 2.76. The zero-order valence-corrected chi connectivity index (χ0v) is 13.7. The minimum atomic E-state index is -3.76. The van der Waals surface area contributed by atoms with E-state index in [4.69, 9.17) is 5.14 Å². The fourth-order valence-electron chi connectivity index (χ4n) is 1.38. The molecule has 0 amide bonds. The highest BCUT2D eigenvalue weighted by atomic mass is 32.2. The highest BCUT2D eigenvalue weighted by molar-refractivity contribution is 7.91. The Morgan fingerprint density at radius 3 is 2.52 bits per heavy atom. The number of sulfonamides is 2. The Morgan fingerprint density at radius 1 is 1.33 bits per heavy atom. The van der Waals surface area contributed by atoms with E-state index in [9.17, 15) is 21.6 Å². The molecule has 0 saturated carbocycles. The third-order valence-electron chi connectivity index (χ3n) is 2.22. The van der Waals surface area contributed by atoms with Gasteiger partial charge in [0.25, 0.3) is 0 Å². The van der Waals surface area contributed by atoms with Crippen LogP contribution in [0.1, 0.15) is 11.8 Å². The Labute approximate surface area is 127 Å². The first-order chi connectivity index (χ1) is 9.64. The van der Waals surface area contributed by atoms with Crippen LogP contribution in [0.2, 0.25) is 0 Å². The molecule has 0 aliphatic rings. The van der Waals surface area contributed by atoms with E-state index >= 15 is 0 Å². The highest BCUT2D eigenvalue weighted by Gasteiger charge is 2.17. The van der Waals surface area contributed by atoms with E-state index in [1.807, 2.05) is 0 Å². The lowest BCUT2D eigenvalue weighted by Crippen LogP contribution is -2.32. The predicted octanol–water partition coefficient (Wildman–Crippen LogP) is -0.579. The molecule has 1 rings (SSSR count). The van der Waals surface area contributed by atoms with Crippen molar-refractivity contribution in [3.05, 3.63) is 17.0 Å². The molecule has 0 aliphatic carbocycles. The van der Waals surface area contributed by atoms with Crippen molar-refractivity contribution >= 4 is 37.4 Å². The van der Waals surface area contributed by atoms with Crippen LogP contribution >= 0.6 is 11.3 Å². The number of rotatable bonds is 8. The number of carbonyl (C=O) groups excluding carboxylic acids is 1. The van der Waals surface area contributed by atoms with Crippen LogP contribution in [-0.4, -0.2) is 41.7 Å². The summed E-state index contributed by atoms with van der Waals surface area (Å²) in [5, 5.41) is 4.97. The van der Waals surface area contributed by atoms with E-state index in [2.05, 4.69) is 9.46 Å². The number of thiophene rings is 1. The van der Waals surface area contributed by atoms with Crippen LogP contribution in [0.5, 0.6) is 0 Å². The zero-order valence-electron chi connectivity index (χ0n) is 11.2. The molecule has 1 aromatic rings. The maximum atomic E-state index is 11.5. The number of carbonyl (C=O) groups is 1. The summed E-state index contributed by atoms with van der Waals surface area (Å²) in [5.41, 5.74) is 0. The van der Waals surface area contributed by atoms with Gasteiger partial charge < -0.3 is 4.74 Å². The predicted molar refractivity (Wildman–Crippen MR) is 77.8 cm³/mol. The lowest BCUT2D eigenvalue weighted by molar-refractivity contribution is -0.139. The summed E-state index contributed by atoms with van der Waals surface area (Å²) in [7, 11) is -7.50. The minimum Gasteiger partial charge on any atom is -0.465 e. The second-order valence-electron chi connectivity index (χ2n) is 3.97. The van der Waals surface area contributed by atoms with Crippen molar-refractivity contribution < 1.29 is 26.4 Å². The third kappa shape index (κ3) is 6.52. The molecule has 11 heteroatoms. The van der Waals surface area contributed by atoms with E-state index in [0.717, 1.165) is 11.3 Å². The van der Waals surface area contributed by atoms with Crippen molar-refractivity contribution in [1.29, 1.82) is 0 Å². The van der Waals surface area contributed by atoms with Crippen LogP contribution in [0, 0.1) is 0 Å². The smallest absolute Gasteiger partial charge is 0.322 e. The van der Waals surface area contributed by atoms with Crippen LogP contribution < -0.4 is 9.86 Å². The summed E-state index contributed by atoms with van der Waals surface area (Å²) in [6, 6.07) is 2.92. The number of nitrogens with one attached hydrogen (secondary N) is 1. The molecule has 0 saturated heterocycles. The molecule has 0 spiro atoms. The van der Waals surface area contributed by atoms with Crippen LogP contribution in [-0.2, 0) is 36.0 Å². The second-order valence-corrected chi connectivity index (χ2v) is 8.74. The Balaban J connectivity index is 2.50. The van der Waals surface area contributed by atoms with Gasteiger partial charge in [0.15, 0.2) is 5.75 Å². The minimum absolute atomic E-state index is 0.0203. The van der Waals surface area contributed by atoms with Gasteiger partial charge in [-0.1, -0.05) is 0 Å². The van der Waals surface area contributed by atoms with Gasteiger partial charge in [-0.3, -0.25) is 4.79 Å². The van der Waals surface area contributed by atoms with Crippen molar-refractivity contribution in [3.63, 3.8) is 0 Å². The molecule has 8 nitrogen and oxygen atoms in total. The first-order valence-electron chi connectivity index (χ1n) is 5.88. The molecule has 0 radical (unpaired) electrons. The third-order valence-corrected chi connectivity index (χ3v) is 6.07. The number of hydrogen-bond acceptors (Lipinski definition) is 7. The summed E-state index contributed by atoms with van der Waals surface area (Å²) in [5.74, 6) is -1.56. The molecule has 1 aromatic heterocycles. The summed E-state index contributed by atoms with van der Waals surface area (Å²) in [4.78, 5) is 11.8. The quantitative estimate of drug-likeness (QED) is 0.599. The van der Waals surface area contributed by atoms with Gasteiger partial charge in [0.1, 0.15) is 4.21 Å². The summed E-state index contributed by atoms with van der Waals surface area (Å²) < 4.78 is 52.1. The van der Waals surface area contributed by atoms with E-state index < -0.39 is 31.8 Å². The summed E-state index contributed by atoms with van der Waals surface area (Å²) in [6.45, 7) is 1.74. The molecule has 0 fully saturated rings. The number of esters is 1. The van der Waals surface area contributed by atoms with Gasteiger partial charge in [0.05, 0.1) is 6.61 Å². The molecule has 0 atom stereocenters. The van der Waals surface area contributed by atoms with Crippen molar-refractivity contribution in [1.82, 2.24) is 4.72 Å². The standard InChI is InChI=1S/C10H16N2O6S3/c1-2-18-9(13)7-20(14,15)12-6-5-8-3-4-10(19-8)21(11,16)17/h3-4,12H,2,5-7H2,1H3,(H2,11,16,17). The lowest BCUT2D eigenvalue weighted by atomic mass is 10.3. The monoisotopic (exact) mass is 356 g/mol. The van der Waals surface area contributed by atoms with Crippen LogP contribution in [0.25, 0.3) is 0 Å². The highest BCUT2D eigenvalue weighted by Crippen LogP contribution is 2.20. The van der Waals surface area contributed by atoms with Gasteiger partial charge in [-0.15, -0.1) is 11.3 Å². The molecule has 3 N–H and O–H groups in total. The number of nitrogens with two attached hydrogens (primary N) is 1. The molecule has 1 heterocycles. The topological polar surface area (TPSA) is 133 Å². The zero-order chi connectivity index (χ0) is 16.1. The molecule has 0 unspecified atom stereocenters. The van der Waals surface area contributed by atoms with Crippen LogP contribution in [0.3, 0.4) is 0 Å². The first kappa shape index (κ1) is 18.0. The Hall–Kier alpha value is -1.01. The van der Waals surface area contributed by atoms with E-state index in [0.29, 0.717) is 11.3 Å². The van der Waals surface area contributed by atoms with E-state index in [-0.39, 0.29) is 17.4 Å². The van der Waals surface area contributed by atoms with Crippen molar-refractivity contribution in [3.8, 4) is 0 Å². The van der Waals surface area contributed by atoms with Gasteiger partial charge in [0, 0.05) is 11.4 Å². The normalized spacial score (nSPS) is 12.3. The van der Waals surface area contributed by atoms with Gasteiger partial charge in [-0.05, 0) is 25.5 Å².